The van der Waals surface area contributed by atoms with Crippen molar-refractivity contribution >= 4 is 35.2 Å². The van der Waals surface area contributed by atoms with Crippen molar-refractivity contribution < 1.29 is 4.79 Å². The van der Waals surface area contributed by atoms with Crippen molar-refractivity contribution in [3.05, 3.63) is 45.9 Å². The molecule has 0 bridgehead atoms. The van der Waals surface area contributed by atoms with Gasteiger partial charge in [-0.15, -0.1) is 23.1 Å². The molecule has 4 nitrogen and oxygen atoms in total. The maximum atomic E-state index is 11.6. The molecule has 0 saturated heterocycles. The number of hydrogen-bond acceptors (Lipinski definition) is 5. The van der Waals surface area contributed by atoms with Crippen molar-refractivity contribution in [3.8, 4) is 0 Å². The predicted octanol–water partition coefficient (Wildman–Crippen LogP) is 2.87. The van der Waals surface area contributed by atoms with E-state index in [9.17, 15) is 4.79 Å². The van der Waals surface area contributed by atoms with Crippen LogP contribution >= 0.6 is 23.1 Å². The first-order valence-electron chi connectivity index (χ1n) is 6.04. The zero-order chi connectivity index (χ0) is 14.4. The molecule has 0 aliphatic carbocycles. The fourth-order valence-corrected chi connectivity index (χ4v) is 2.58. The van der Waals surface area contributed by atoms with Gasteiger partial charge in [-0.2, -0.15) is 5.10 Å². The molecule has 0 atom stereocenters. The van der Waals surface area contributed by atoms with Crippen molar-refractivity contribution in [2.75, 3.05) is 6.26 Å². The van der Waals surface area contributed by atoms with Crippen LogP contribution in [0.2, 0.25) is 0 Å². The van der Waals surface area contributed by atoms with Crippen LogP contribution in [0.25, 0.3) is 0 Å². The van der Waals surface area contributed by atoms with E-state index >= 15 is 0 Å². The maximum absolute atomic E-state index is 11.6. The lowest BCUT2D eigenvalue weighted by Crippen LogP contribution is -2.19. The van der Waals surface area contributed by atoms with Gasteiger partial charge in [0.1, 0.15) is 0 Å². The van der Waals surface area contributed by atoms with Crippen LogP contribution in [0.5, 0.6) is 0 Å². The predicted molar refractivity (Wildman–Crippen MR) is 84.5 cm³/mol. The summed E-state index contributed by atoms with van der Waals surface area (Å²) in [4.78, 5) is 17.1. The minimum Gasteiger partial charge on any atom is -0.273 e. The monoisotopic (exact) mass is 305 g/mol. The summed E-state index contributed by atoms with van der Waals surface area (Å²) >= 11 is 3.23. The number of thiazole rings is 1. The molecule has 2 aromatic rings. The van der Waals surface area contributed by atoms with E-state index in [1.165, 1.54) is 16.2 Å². The van der Waals surface area contributed by atoms with E-state index in [-0.39, 0.29) is 12.3 Å². The van der Waals surface area contributed by atoms with Crippen LogP contribution in [-0.4, -0.2) is 23.4 Å². The van der Waals surface area contributed by atoms with Crippen molar-refractivity contribution in [1.29, 1.82) is 0 Å². The molecule has 20 heavy (non-hydrogen) atoms. The number of nitrogens with zero attached hydrogens (tertiary/aromatic N) is 2. The maximum Gasteiger partial charge on any atom is 0.246 e. The quantitative estimate of drug-likeness (QED) is 0.525. The van der Waals surface area contributed by atoms with Crippen molar-refractivity contribution in [2.24, 2.45) is 5.10 Å². The lowest BCUT2D eigenvalue weighted by Gasteiger charge is -1.98. The van der Waals surface area contributed by atoms with Gasteiger partial charge in [-0.3, -0.25) is 4.79 Å². The molecule has 104 valence electrons. The summed E-state index contributed by atoms with van der Waals surface area (Å²) in [5.41, 5.74) is 4.24. The van der Waals surface area contributed by atoms with Gasteiger partial charge in [0.2, 0.25) is 5.91 Å². The van der Waals surface area contributed by atoms with Crippen LogP contribution in [0.15, 0.2) is 39.6 Å². The molecule has 2 rings (SSSR count). The molecule has 0 saturated carbocycles. The van der Waals surface area contributed by atoms with Gasteiger partial charge in [0.25, 0.3) is 0 Å². The molecular weight excluding hydrogens is 290 g/mol. The van der Waals surface area contributed by atoms with Crippen LogP contribution in [0, 0.1) is 6.92 Å². The van der Waals surface area contributed by atoms with Gasteiger partial charge < -0.3 is 0 Å². The highest BCUT2D eigenvalue weighted by Gasteiger charge is 2.04. The van der Waals surface area contributed by atoms with Crippen LogP contribution in [0.4, 0.5) is 0 Å². The summed E-state index contributed by atoms with van der Waals surface area (Å²) in [7, 11) is 0. The fourth-order valence-electron chi connectivity index (χ4n) is 1.56. The summed E-state index contributed by atoms with van der Waals surface area (Å²) in [5.74, 6) is -0.160. The minimum atomic E-state index is -0.160. The van der Waals surface area contributed by atoms with E-state index in [1.54, 1.807) is 18.0 Å². The second kappa shape index (κ2) is 7.21. The Morgan fingerprint density at radius 2 is 2.20 bits per heavy atom. The van der Waals surface area contributed by atoms with E-state index in [1.807, 2.05) is 42.8 Å². The standard InChI is InChI=1S/C14H15N3OS2/c1-10-16-12(9-20-10)7-14(18)17-15-8-11-3-5-13(19-2)6-4-11/h3-6,8-9H,7H2,1-2H3,(H,17,18). The topological polar surface area (TPSA) is 54.4 Å². The third kappa shape index (κ3) is 4.47. The Labute approximate surface area is 126 Å². The number of aryl methyl sites for hydroxylation is 1. The van der Waals surface area contributed by atoms with Crippen LogP contribution in [-0.2, 0) is 11.2 Å². The fraction of sp³-hybridized carbons (Fsp3) is 0.214. The van der Waals surface area contributed by atoms with Gasteiger partial charge in [-0.05, 0) is 30.9 Å². The Kier molecular flexibility index (Phi) is 5.31. The third-order valence-corrected chi connectivity index (χ3v) is 4.09. The lowest BCUT2D eigenvalue weighted by atomic mass is 10.2. The zero-order valence-electron chi connectivity index (χ0n) is 11.3. The number of hydrazone groups is 1. The highest BCUT2D eigenvalue weighted by molar-refractivity contribution is 7.98. The Hall–Kier alpha value is -1.66. The second-order valence-electron chi connectivity index (χ2n) is 4.10. The molecule has 1 aromatic carbocycles. The van der Waals surface area contributed by atoms with Crippen LogP contribution < -0.4 is 5.43 Å². The first kappa shape index (κ1) is 14.7. The van der Waals surface area contributed by atoms with E-state index in [0.29, 0.717) is 0 Å². The first-order valence-corrected chi connectivity index (χ1v) is 8.15. The van der Waals surface area contributed by atoms with Gasteiger partial charge in [-0.25, -0.2) is 10.4 Å². The van der Waals surface area contributed by atoms with Crippen LogP contribution in [0.1, 0.15) is 16.3 Å². The third-order valence-electron chi connectivity index (χ3n) is 2.53. The molecule has 0 unspecified atom stereocenters. The molecular formula is C14H15N3OS2. The molecule has 0 spiro atoms. The summed E-state index contributed by atoms with van der Waals surface area (Å²) in [6, 6.07) is 7.97. The molecule has 6 heteroatoms. The molecule has 0 fully saturated rings. The lowest BCUT2D eigenvalue weighted by molar-refractivity contribution is -0.120. The molecule has 1 heterocycles. The average molecular weight is 305 g/mol. The number of thioether (sulfide) groups is 1. The smallest absolute Gasteiger partial charge is 0.246 e. The summed E-state index contributed by atoms with van der Waals surface area (Å²) in [6.07, 6.45) is 3.92. The molecule has 1 N–H and O–H groups in total. The number of carbonyl (C=O) groups excluding carboxylic acids is 1. The van der Waals surface area contributed by atoms with Crippen molar-refractivity contribution in [1.82, 2.24) is 10.4 Å². The minimum absolute atomic E-state index is 0.160. The average Bonchev–Trinajstić information content (AvgIpc) is 2.85. The number of benzene rings is 1. The number of amides is 1. The summed E-state index contributed by atoms with van der Waals surface area (Å²) < 4.78 is 0. The van der Waals surface area contributed by atoms with Crippen LogP contribution in [0.3, 0.4) is 0 Å². The first-order chi connectivity index (χ1) is 9.67. The highest BCUT2D eigenvalue weighted by Crippen LogP contribution is 2.13. The Balaban J connectivity index is 1.84. The van der Waals surface area contributed by atoms with Gasteiger partial charge in [0.15, 0.2) is 0 Å². The van der Waals surface area contributed by atoms with E-state index in [4.69, 9.17) is 0 Å². The van der Waals surface area contributed by atoms with E-state index in [0.717, 1.165) is 16.3 Å². The number of aromatic nitrogens is 1. The molecule has 0 aliphatic heterocycles. The summed E-state index contributed by atoms with van der Waals surface area (Å²) in [5, 5.41) is 6.80. The number of hydrogen-bond donors (Lipinski definition) is 1. The van der Waals surface area contributed by atoms with E-state index in [2.05, 4.69) is 15.5 Å². The normalized spacial score (nSPS) is 10.9. The number of rotatable bonds is 5. The van der Waals surface area contributed by atoms with Gasteiger partial charge in [-0.1, -0.05) is 12.1 Å². The zero-order valence-corrected chi connectivity index (χ0v) is 12.9. The number of nitrogens with one attached hydrogen (secondary N) is 1. The van der Waals surface area contributed by atoms with E-state index < -0.39 is 0 Å². The largest absolute Gasteiger partial charge is 0.273 e. The molecule has 0 aliphatic rings. The Morgan fingerprint density at radius 1 is 1.45 bits per heavy atom. The SMILES string of the molecule is CSc1ccc(C=NNC(=O)Cc2csc(C)n2)cc1. The summed E-state index contributed by atoms with van der Waals surface area (Å²) in [6.45, 7) is 1.92. The molecule has 0 radical (unpaired) electrons. The van der Waals surface area contributed by atoms with Gasteiger partial charge >= 0.3 is 0 Å². The van der Waals surface area contributed by atoms with Crippen molar-refractivity contribution in [2.45, 2.75) is 18.2 Å². The Morgan fingerprint density at radius 3 is 2.80 bits per heavy atom. The molecule has 1 amide bonds. The Bertz CT molecular complexity index is 605. The second-order valence-corrected chi connectivity index (χ2v) is 6.04. The van der Waals surface area contributed by atoms with Crippen molar-refractivity contribution in [3.63, 3.8) is 0 Å². The van der Waals surface area contributed by atoms with Gasteiger partial charge in [0, 0.05) is 10.3 Å². The molecule has 1 aromatic heterocycles. The highest BCUT2D eigenvalue weighted by atomic mass is 32.2. The van der Waals surface area contributed by atoms with Gasteiger partial charge in [0.05, 0.1) is 23.3 Å². The number of carbonyl (C=O) groups is 1.